The molecule has 1 fully saturated rings. The van der Waals surface area contributed by atoms with Crippen molar-refractivity contribution in [1.82, 2.24) is 15.2 Å². The third-order valence-corrected chi connectivity index (χ3v) is 5.78. The van der Waals surface area contributed by atoms with Gasteiger partial charge in [-0.05, 0) is 23.4 Å². The molecule has 30 heavy (non-hydrogen) atoms. The summed E-state index contributed by atoms with van der Waals surface area (Å²) in [6.07, 6.45) is 1.77. The van der Waals surface area contributed by atoms with E-state index in [4.69, 9.17) is 9.15 Å². The standard InChI is InChI=1S/C21H19N3O5S/c1-2-21(14-7-4-3-5-8-14)19(26)24(20(27)23-21)11-17(25)28-12-15-13-29-18(22-15)16-9-6-10-30-16/h3-10,13H,2,11-12H2,1H3,(H,23,27). The summed E-state index contributed by atoms with van der Waals surface area (Å²) >= 11 is 1.48. The van der Waals surface area contributed by atoms with E-state index >= 15 is 0 Å². The van der Waals surface area contributed by atoms with Crippen molar-refractivity contribution < 1.29 is 23.5 Å². The molecule has 4 rings (SSSR count). The summed E-state index contributed by atoms with van der Waals surface area (Å²) in [4.78, 5) is 43.8. The van der Waals surface area contributed by atoms with Crippen LogP contribution in [0.3, 0.4) is 0 Å². The molecule has 8 nitrogen and oxygen atoms in total. The highest BCUT2D eigenvalue weighted by Gasteiger charge is 2.51. The van der Waals surface area contributed by atoms with Gasteiger partial charge in [-0.2, -0.15) is 0 Å². The van der Waals surface area contributed by atoms with Gasteiger partial charge in [-0.1, -0.05) is 43.3 Å². The smallest absolute Gasteiger partial charge is 0.326 e. The Morgan fingerprint density at radius 2 is 2.03 bits per heavy atom. The van der Waals surface area contributed by atoms with E-state index < -0.39 is 30.0 Å². The maximum atomic E-state index is 13.0. The summed E-state index contributed by atoms with van der Waals surface area (Å²) in [5.41, 5.74) is -0.0677. The number of nitrogens with zero attached hydrogens (tertiary/aromatic N) is 2. The Labute approximate surface area is 176 Å². The minimum Gasteiger partial charge on any atom is -0.458 e. The summed E-state index contributed by atoms with van der Waals surface area (Å²) in [7, 11) is 0. The quantitative estimate of drug-likeness (QED) is 0.460. The minimum atomic E-state index is -1.18. The lowest BCUT2D eigenvalue weighted by Gasteiger charge is -2.25. The molecular formula is C21H19N3O5S. The van der Waals surface area contributed by atoms with Crippen molar-refractivity contribution in [2.75, 3.05) is 6.54 Å². The number of carbonyl (C=O) groups excluding carboxylic acids is 3. The molecule has 0 aliphatic carbocycles. The molecule has 1 unspecified atom stereocenters. The number of thiophene rings is 1. The number of aromatic nitrogens is 1. The van der Waals surface area contributed by atoms with Gasteiger partial charge in [0.05, 0.1) is 4.88 Å². The Morgan fingerprint density at radius 1 is 1.23 bits per heavy atom. The van der Waals surface area contributed by atoms with Crippen molar-refractivity contribution in [3.8, 4) is 10.8 Å². The molecule has 1 saturated heterocycles. The molecule has 1 aromatic carbocycles. The van der Waals surface area contributed by atoms with E-state index in [0.717, 1.165) is 9.78 Å². The largest absolute Gasteiger partial charge is 0.458 e. The number of esters is 1. The van der Waals surface area contributed by atoms with Crippen LogP contribution in [0.5, 0.6) is 0 Å². The van der Waals surface area contributed by atoms with Crippen LogP contribution in [-0.4, -0.2) is 34.3 Å². The summed E-state index contributed by atoms with van der Waals surface area (Å²) in [5.74, 6) is -0.737. The Bertz CT molecular complexity index is 1060. The average Bonchev–Trinajstić information content (AvgIpc) is 3.50. The van der Waals surface area contributed by atoms with Crippen molar-refractivity contribution in [1.29, 1.82) is 0 Å². The lowest BCUT2D eigenvalue weighted by molar-refractivity contribution is -0.149. The number of nitrogens with one attached hydrogen (secondary N) is 1. The van der Waals surface area contributed by atoms with Crippen LogP contribution >= 0.6 is 11.3 Å². The highest BCUT2D eigenvalue weighted by Crippen LogP contribution is 2.32. The number of ether oxygens (including phenoxy) is 1. The molecule has 1 aliphatic heterocycles. The van der Waals surface area contributed by atoms with Crippen LogP contribution < -0.4 is 5.32 Å². The van der Waals surface area contributed by atoms with Gasteiger partial charge in [-0.25, -0.2) is 9.78 Å². The summed E-state index contributed by atoms with van der Waals surface area (Å²) in [6, 6.07) is 12.1. The second-order valence-corrected chi connectivity index (χ2v) is 7.68. The number of benzene rings is 1. The molecule has 0 spiro atoms. The first-order valence-corrected chi connectivity index (χ1v) is 10.2. The van der Waals surface area contributed by atoms with Gasteiger partial charge < -0.3 is 14.5 Å². The van der Waals surface area contributed by atoms with Gasteiger partial charge >= 0.3 is 12.0 Å². The molecular weight excluding hydrogens is 406 g/mol. The van der Waals surface area contributed by atoms with Gasteiger partial charge in [-0.3, -0.25) is 14.5 Å². The zero-order valence-electron chi connectivity index (χ0n) is 16.2. The molecule has 0 bridgehead atoms. The molecule has 3 aromatic rings. The predicted molar refractivity (Wildman–Crippen MR) is 108 cm³/mol. The highest BCUT2D eigenvalue weighted by atomic mass is 32.1. The Hall–Kier alpha value is -3.46. The second-order valence-electron chi connectivity index (χ2n) is 6.73. The number of rotatable bonds is 7. The zero-order chi connectivity index (χ0) is 21.1. The fraction of sp³-hybridized carbons (Fsp3) is 0.238. The Balaban J connectivity index is 1.40. The lowest BCUT2D eigenvalue weighted by Crippen LogP contribution is -2.43. The Kier molecular flexibility index (Phi) is 5.37. The number of hydrogen-bond donors (Lipinski definition) is 1. The van der Waals surface area contributed by atoms with Crippen LogP contribution in [0.2, 0.25) is 0 Å². The summed E-state index contributed by atoms with van der Waals surface area (Å²) < 4.78 is 10.6. The van der Waals surface area contributed by atoms with Gasteiger partial charge in [0.15, 0.2) is 0 Å². The number of imide groups is 1. The number of hydrogen-bond acceptors (Lipinski definition) is 7. The number of carbonyl (C=O) groups is 3. The molecule has 154 valence electrons. The van der Waals surface area contributed by atoms with Gasteiger partial charge in [-0.15, -0.1) is 11.3 Å². The van der Waals surface area contributed by atoms with E-state index in [-0.39, 0.29) is 6.61 Å². The zero-order valence-corrected chi connectivity index (χ0v) is 17.0. The van der Waals surface area contributed by atoms with Gasteiger partial charge in [0.2, 0.25) is 5.89 Å². The molecule has 3 heterocycles. The second kappa shape index (κ2) is 8.11. The SMILES string of the molecule is CCC1(c2ccccc2)NC(=O)N(CC(=O)OCc2coc(-c3cccs3)n2)C1=O. The molecule has 0 saturated carbocycles. The van der Waals surface area contributed by atoms with Gasteiger partial charge in [0.1, 0.15) is 30.6 Å². The van der Waals surface area contributed by atoms with Crippen LogP contribution in [0.25, 0.3) is 10.8 Å². The van der Waals surface area contributed by atoms with E-state index in [2.05, 4.69) is 10.3 Å². The molecule has 1 N–H and O–H groups in total. The number of amides is 3. The molecule has 1 atom stereocenters. The van der Waals surface area contributed by atoms with Crippen molar-refractivity contribution in [2.45, 2.75) is 25.5 Å². The summed E-state index contributed by atoms with van der Waals surface area (Å²) in [6.45, 7) is 1.21. The number of urea groups is 1. The first-order chi connectivity index (χ1) is 14.5. The predicted octanol–water partition coefficient (Wildman–Crippen LogP) is 3.30. The third-order valence-electron chi connectivity index (χ3n) is 4.92. The topological polar surface area (TPSA) is 102 Å². The van der Waals surface area contributed by atoms with Gasteiger partial charge in [0.25, 0.3) is 5.91 Å². The van der Waals surface area contributed by atoms with E-state index in [9.17, 15) is 14.4 Å². The van der Waals surface area contributed by atoms with Crippen molar-refractivity contribution in [3.63, 3.8) is 0 Å². The van der Waals surface area contributed by atoms with E-state index in [0.29, 0.717) is 23.6 Å². The van der Waals surface area contributed by atoms with Crippen LogP contribution in [-0.2, 0) is 26.5 Å². The first kappa shape index (κ1) is 19.8. The van der Waals surface area contributed by atoms with Crippen LogP contribution in [0.4, 0.5) is 4.79 Å². The lowest BCUT2D eigenvalue weighted by atomic mass is 9.87. The third kappa shape index (κ3) is 3.59. The van der Waals surface area contributed by atoms with Crippen LogP contribution in [0, 0.1) is 0 Å². The maximum Gasteiger partial charge on any atom is 0.326 e. The molecule has 3 amide bonds. The highest BCUT2D eigenvalue weighted by molar-refractivity contribution is 7.13. The molecule has 1 aliphatic rings. The van der Waals surface area contributed by atoms with Crippen LogP contribution in [0.15, 0.2) is 58.5 Å². The minimum absolute atomic E-state index is 0.116. The monoisotopic (exact) mass is 425 g/mol. The average molecular weight is 425 g/mol. The fourth-order valence-electron chi connectivity index (χ4n) is 3.35. The molecule has 9 heteroatoms. The molecule has 2 aromatic heterocycles. The summed E-state index contributed by atoms with van der Waals surface area (Å²) in [5, 5.41) is 4.64. The van der Waals surface area contributed by atoms with Crippen molar-refractivity contribution in [2.24, 2.45) is 0 Å². The van der Waals surface area contributed by atoms with Crippen molar-refractivity contribution >= 4 is 29.2 Å². The van der Waals surface area contributed by atoms with E-state index in [1.807, 2.05) is 30.5 Å². The van der Waals surface area contributed by atoms with E-state index in [1.165, 1.54) is 17.6 Å². The number of oxazole rings is 1. The Morgan fingerprint density at radius 3 is 2.73 bits per heavy atom. The first-order valence-electron chi connectivity index (χ1n) is 9.37. The normalized spacial score (nSPS) is 18.5. The van der Waals surface area contributed by atoms with Crippen LogP contribution in [0.1, 0.15) is 24.6 Å². The van der Waals surface area contributed by atoms with E-state index in [1.54, 1.807) is 24.3 Å². The van der Waals surface area contributed by atoms with Crippen molar-refractivity contribution in [3.05, 3.63) is 65.4 Å². The maximum absolute atomic E-state index is 13.0. The molecule has 0 radical (unpaired) electrons. The fourth-order valence-corrected chi connectivity index (χ4v) is 4.00. The van der Waals surface area contributed by atoms with Gasteiger partial charge in [0, 0.05) is 0 Å².